The number of alkyl halides is 3. The summed E-state index contributed by atoms with van der Waals surface area (Å²) in [6.07, 6.45) is -4.86. The van der Waals surface area contributed by atoms with E-state index in [1.165, 1.54) is 30.1 Å². The van der Waals surface area contributed by atoms with Gasteiger partial charge in [-0.2, -0.15) is 13.2 Å². The molecule has 1 heterocycles. The van der Waals surface area contributed by atoms with E-state index in [4.69, 9.17) is 0 Å². The Morgan fingerprint density at radius 2 is 1.70 bits per heavy atom. The minimum Gasteiger partial charge on any atom is -0.466 e. The van der Waals surface area contributed by atoms with Crippen LogP contribution in [0.3, 0.4) is 0 Å². The van der Waals surface area contributed by atoms with Crippen molar-refractivity contribution in [3.63, 3.8) is 0 Å². The van der Waals surface area contributed by atoms with Gasteiger partial charge in [-0.25, -0.2) is 4.79 Å². The summed E-state index contributed by atoms with van der Waals surface area (Å²) in [6, 6.07) is 11.7. The molecule has 0 bridgehead atoms. The van der Waals surface area contributed by atoms with Gasteiger partial charge in [0.25, 0.3) is 5.91 Å². The number of carbonyl (C=O) groups is 2. The van der Waals surface area contributed by atoms with Crippen LogP contribution in [0.4, 0.5) is 18.9 Å². The maximum atomic E-state index is 14.2. The number of para-hydroxylation sites is 1. The fourth-order valence-corrected chi connectivity index (χ4v) is 3.44. The average molecular weight is 416 g/mol. The van der Waals surface area contributed by atoms with E-state index in [0.717, 1.165) is 7.11 Å². The molecule has 1 amide bonds. The number of likely N-dealkylation sites (N-methyl/N-ethyl adjacent to an activating group) is 1. The molecular formula is C22H19F3N2O3. The molecular weight excluding hydrogens is 397 g/mol. The Labute approximate surface area is 171 Å². The third kappa shape index (κ3) is 3.85. The molecule has 8 heteroatoms. The second kappa shape index (κ2) is 8.14. The molecule has 1 aliphatic heterocycles. The van der Waals surface area contributed by atoms with E-state index < -0.39 is 35.6 Å². The van der Waals surface area contributed by atoms with Crippen molar-refractivity contribution >= 4 is 23.3 Å². The number of nitrogens with zero attached hydrogens (tertiary/aromatic N) is 2. The quantitative estimate of drug-likeness (QED) is 0.549. The summed E-state index contributed by atoms with van der Waals surface area (Å²) < 4.78 is 47.2. The van der Waals surface area contributed by atoms with Crippen molar-refractivity contribution in [1.29, 1.82) is 0 Å². The number of ether oxygens (including phenoxy) is 1. The predicted molar refractivity (Wildman–Crippen MR) is 107 cm³/mol. The fourth-order valence-electron chi connectivity index (χ4n) is 3.44. The highest BCUT2D eigenvalue weighted by Crippen LogP contribution is 2.40. The monoisotopic (exact) mass is 416 g/mol. The molecule has 0 saturated carbocycles. The van der Waals surface area contributed by atoms with Gasteiger partial charge in [0.2, 0.25) is 0 Å². The van der Waals surface area contributed by atoms with Crippen molar-refractivity contribution in [2.75, 3.05) is 19.1 Å². The molecule has 0 unspecified atom stereocenters. The average Bonchev–Trinajstić information content (AvgIpc) is 2.97. The van der Waals surface area contributed by atoms with Crippen LogP contribution in [0.1, 0.15) is 17.0 Å². The molecule has 30 heavy (non-hydrogen) atoms. The van der Waals surface area contributed by atoms with Gasteiger partial charge in [-0.1, -0.05) is 55.1 Å². The van der Waals surface area contributed by atoms with Crippen molar-refractivity contribution in [3.05, 3.63) is 77.9 Å². The van der Waals surface area contributed by atoms with E-state index >= 15 is 0 Å². The molecule has 0 saturated heterocycles. The van der Waals surface area contributed by atoms with Crippen molar-refractivity contribution in [2.45, 2.75) is 18.1 Å². The van der Waals surface area contributed by atoms with Gasteiger partial charge in [-0.05, 0) is 11.6 Å². The Morgan fingerprint density at radius 1 is 1.10 bits per heavy atom. The highest BCUT2D eigenvalue weighted by molar-refractivity contribution is 6.54. The maximum Gasteiger partial charge on any atom is 0.411 e. The normalized spacial score (nSPS) is 16.9. The SMILES string of the molecule is C=C(C(=O)OC)[C@@H](c1ccccc1)[C@H](N=C1C(=O)N(C)c2ccccc21)C(F)(F)F. The molecule has 2 aromatic carbocycles. The third-order valence-electron chi connectivity index (χ3n) is 4.93. The molecule has 0 aliphatic carbocycles. The van der Waals surface area contributed by atoms with Crippen LogP contribution in [-0.2, 0) is 14.3 Å². The number of hydrogen-bond acceptors (Lipinski definition) is 4. The number of methoxy groups -OCH3 is 1. The third-order valence-corrected chi connectivity index (χ3v) is 4.93. The zero-order chi connectivity index (χ0) is 22.1. The molecule has 5 nitrogen and oxygen atoms in total. The van der Waals surface area contributed by atoms with Crippen LogP contribution in [0.2, 0.25) is 0 Å². The second-order valence-corrected chi connectivity index (χ2v) is 6.75. The molecule has 2 atom stereocenters. The van der Waals surface area contributed by atoms with Gasteiger partial charge in [-0.3, -0.25) is 9.79 Å². The van der Waals surface area contributed by atoms with Gasteiger partial charge in [0.1, 0.15) is 5.71 Å². The molecule has 0 fully saturated rings. The number of aliphatic imine (C=N–C) groups is 1. The predicted octanol–water partition coefficient (Wildman–Crippen LogP) is 3.90. The lowest BCUT2D eigenvalue weighted by atomic mass is 9.85. The number of carbonyl (C=O) groups excluding carboxylic acids is 2. The lowest BCUT2D eigenvalue weighted by Gasteiger charge is -2.27. The summed E-state index contributed by atoms with van der Waals surface area (Å²) in [7, 11) is 2.53. The number of fused-ring (bicyclic) bond motifs is 1. The van der Waals surface area contributed by atoms with E-state index in [1.54, 1.807) is 36.4 Å². The number of hydrogen-bond donors (Lipinski definition) is 0. The molecule has 0 spiro atoms. The van der Waals surface area contributed by atoms with E-state index in [2.05, 4.69) is 16.3 Å². The Morgan fingerprint density at radius 3 is 2.30 bits per heavy atom. The molecule has 156 valence electrons. The number of halogens is 3. The standard InChI is InChI=1S/C22H19F3N2O3/c1-13(21(29)30-3)17(14-9-5-4-6-10-14)19(22(23,24)25)26-18-15-11-7-8-12-16(15)27(2)20(18)28/h4-12,17,19H,1H2,2-3H3/t17-,19-/m0/s1. The number of rotatable bonds is 5. The molecule has 1 aliphatic rings. The minimum absolute atomic E-state index is 0.187. The summed E-state index contributed by atoms with van der Waals surface area (Å²) in [5.74, 6) is -3.19. The minimum atomic E-state index is -4.86. The Bertz CT molecular complexity index is 1020. The Kier molecular flexibility index (Phi) is 5.78. The zero-order valence-electron chi connectivity index (χ0n) is 16.3. The smallest absolute Gasteiger partial charge is 0.411 e. The highest BCUT2D eigenvalue weighted by atomic mass is 19.4. The number of anilines is 1. The zero-order valence-corrected chi connectivity index (χ0v) is 16.3. The Balaban J connectivity index is 2.20. The highest BCUT2D eigenvalue weighted by Gasteiger charge is 2.49. The van der Waals surface area contributed by atoms with Gasteiger partial charge in [0.05, 0.1) is 12.8 Å². The van der Waals surface area contributed by atoms with Gasteiger partial charge in [0.15, 0.2) is 6.04 Å². The summed E-state index contributed by atoms with van der Waals surface area (Å²) in [5.41, 5.74) is 0.239. The number of esters is 1. The van der Waals surface area contributed by atoms with Gasteiger partial charge in [-0.15, -0.1) is 0 Å². The van der Waals surface area contributed by atoms with Crippen molar-refractivity contribution in [3.8, 4) is 0 Å². The molecule has 0 aromatic heterocycles. The largest absolute Gasteiger partial charge is 0.466 e. The first kappa shape index (κ1) is 21.3. The van der Waals surface area contributed by atoms with Crippen molar-refractivity contribution in [2.24, 2.45) is 4.99 Å². The molecule has 0 N–H and O–H groups in total. The molecule has 2 aromatic rings. The summed E-state index contributed by atoms with van der Waals surface area (Å²) in [4.78, 5) is 29.9. The summed E-state index contributed by atoms with van der Waals surface area (Å²) in [6.45, 7) is 3.55. The van der Waals surface area contributed by atoms with Crippen LogP contribution in [0.25, 0.3) is 0 Å². The lowest BCUT2D eigenvalue weighted by Crippen LogP contribution is -2.38. The van der Waals surface area contributed by atoms with Gasteiger partial charge < -0.3 is 9.64 Å². The summed E-state index contributed by atoms with van der Waals surface area (Å²) in [5, 5.41) is 0. The van der Waals surface area contributed by atoms with E-state index in [-0.39, 0.29) is 11.3 Å². The lowest BCUT2D eigenvalue weighted by molar-refractivity contribution is -0.151. The Hall–Kier alpha value is -3.42. The van der Waals surface area contributed by atoms with Crippen LogP contribution in [0, 0.1) is 0 Å². The van der Waals surface area contributed by atoms with E-state index in [9.17, 15) is 22.8 Å². The first-order valence-electron chi connectivity index (χ1n) is 9.00. The van der Waals surface area contributed by atoms with E-state index in [1.807, 2.05) is 0 Å². The van der Waals surface area contributed by atoms with Crippen molar-refractivity contribution < 1.29 is 27.5 Å². The molecule has 0 radical (unpaired) electrons. The number of amides is 1. The van der Waals surface area contributed by atoms with Crippen LogP contribution in [0.5, 0.6) is 0 Å². The van der Waals surface area contributed by atoms with Crippen LogP contribution >= 0.6 is 0 Å². The second-order valence-electron chi connectivity index (χ2n) is 6.75. The fraction of sp³-hybridized carbons (Fsp3) is 0.227. The number of benzene rings is 2. The van der Waals surface area contributed by atoms with Crippen LogP contribution in [0.15, 0.2) is 71.7 Å². The molecule has 3 rings (SSSR count). The van der Waals surface area contributed by atoms with E-state index in [0.29, 0.717) is 11.3 Å². The van der Waals surface area contributed by atoms with Crippen molar-refractivity contribution in [1.82, 2.24) is 0 Å². The summed E-state index contributed by atoms with van der Waals surface area (Å²) >= 11 is 0. The van der Waals surface area contributed by atoms with Gasteiger partial charge >= 0.3 is 12.1 Å². The maximum absolute atomic E-state index is 14.2. The van der Waals surface area contributed by atoms with Crippen LogP contribution in [-0.4, -0.2) is 44.0 Å². The topological polar surface area (TPSA) is 59.0 Å². The first-order valence-corrected chi connectivity index (χ1v) is 9.00. The van der Waals surface area contributed by atoms with Gasteiger partial charge in [0, 0.05) is 24.1 Å². The van der Waals surface area contributed by atoms with Crippen LogP contribution < -0.4 is 4.90 Å². The first-order chi connectivity index (χ1) is 14.2.